The molecule has 2 saturated heterocycles. The van der Waals surface area contributed by atoms with Crippen LogP contribution in [0, 0.1) is 11.8 Å². The van der Waals surface area contributed by atoms with Crippen molar-refractivity contribution in [3.05, 3.63) is 0 Å². The Labute approximate surface area is 96.6 Å². The summed E-state index contributed by atoms with van der Waals surface area (Å²) in [7, 11) is 0. The van der Waals surface area contributed by atoms with Crippen molar-refractivity contribution in [2.24, 2.45) is 11.8 Å². The average molecular weight is 227 g/mol. The van der Waals surface area contributed by atoms with Gasteiger partial charge >= 0.3 is 6.09 Å². The minimum atomic E-state index is -0.440. The Morgan fingerprint density at radius 2 is 2.12 bits per heavy atom. The molecule has 2 aliphatic heterocycles. The van der Waals surface area contributed by atoms with E-state index < -0.39 is 5.60 Å². The van der Waals surface area contributed by atoms with Gasteiger partial charge in [-0.3, -0.25) is 0 Å². The summed E-state index contributed by atoms with van der Waals surface area (Å²) < 4.78 is 5.35. The first-order valence-corrected chi connectivity index (χ1v) is 5.97. The molecule has 4 heteroatoms. The van der Waals surface area contributed by atoms with Gasteiger partial charge in [-0.15, -0.1) is 0 Å². The van der Waals surface area contributed by atoms with E-state index in [-0.39, 0.29) is 24.2 Å². The number of carbonyl (C=O) groups excluding carboxylic acids is 1. The molecule has 0 unspecified atom stereocenters. The van der Waals surface area contributed by atoms with Crippen molar-refractivity contribution in [3.63, 3.8) is 0 Å². The molecule has 16 heavy (non-hydrogen) atoms. The van der Waals surface area contributed by atoms with Crippen molar-refractivity contribution in [1.29, 1.82) is 0 Å². The molecule has 4 nitrogen and oxygen atoms in total. The van der Waals surface area contributed by atoms with Crippen LogP contribution in [0.15, 0.2) is 0 Å². The monoisotopic (exact) mass is 227 g/mol. The van der Waals surface area contributed by atoms with Gasteiger partial charge in [0.1, 0.15) is 5.60 Å². The second-order valence-corrected chi connectivity index (χ2v) is 6.01. The molecule has 0 aromatic rings. The van der Waals surface area contributed by atoms with Crippen molar-refractivity contribution in [1.82, 2.24) is 4.90 Å². The van der Waals surface area contributed by atoms with E-state index in [9.17, 15) is 9.90 Å². The van der Waals surface area contributed by atoms with Gasteiger partial charge in [0.15, 0.2) is 0 Å². The number of ether oxygens (including phenoxy) is 1. The van der Waals surface area contributed by atoms with Crippen LogP contribution in [0.1, 0.15) is 34.1 Å². The quantitative estimate of drug-likeness (QED) is 0.740. The second kappa shape index (κ2) is 3.62. The number of aliphatic hydroxyl groups is 1. The summed E-state index contributed by atoms with van der Waals surface area (Å²) in [4.78, 5) is 13.7. The van der Waals surface area contributed by atoms with Gasteiger partial charge in [-0.2, -0.15) is 0 Å². The van der Waals surface area contributed by atoms with Crippen LogP contribution in [-0.2, 0) is 4.74 Å². The number of nitrogens with zero attached hydrogens (tertiary/aromatic N) is 1. The summed E-state index contributed by atoms with van der Waals surface area (Å²) >= 11 is 0. The lowest BCUT2D eigenvalue weighted by Gasteiger charge is -2.38. The lowest BCUT2D eigenvalue weighted by molar-refractivity contribution is 0.000963. The molecule has 2 bridgehead atoms. The molecule has 3 aliphatic rings. The summed E-state index contributed by atoms with van der Waals surface area (Å²) in [5.74, 6) is 0.727. The van der Waals surface area contributed by atoms with Crippen molar-refractivity contribution in [2.75, 3.05) is 6.54 Å². The number of amides is 1. The highest BCUT2D eigenvalue weighted by atomic mass is 16.6. The number of carbonyl (C=O) groups is 1. The van der Waals surface area contributed by atoms with E-state index >= 15 is 0 Å². The predicted octanol–water partition coefficient (Wildman–Crippen LogP) is 1.62. The van der Waals surface area contributed by atoms with Crippen molar-refractivity contribution in [2.45, 2.75) is 51.9 Å². The molecular weight excluding hydrogens is 206 g/mol. The van der Waals surface area contributed by atoms with E-state index in [0.717, 1.165) is 13.0 Å². The number of rotatable bonds is 1. The first-order chi connectivity index (χ1) is 7.29. The molecule has 3 rings (SSSR count). The Morgan fingerprint density at radius 3 is 2.56 bits per heavy atom. The van der Waals surface area contributed by atoms with Crippen molar-refractivity contribution >= 4 is 6.09 Å². The lowest BCUT2D eigenvalue weighted by Crippen LogP contribution is -2.47. The Kier molecular flexibility index (Phi) is 2.65. The van der Waals surface area contributed by atoms with Crippen LogP contribution < -0.4 is 0 Å². The zero-order chi connectivity index (χ0) is 12.1. The minimum absolute atomic E-state index is 0.194. The number of hydrogen-bond donors (Lipinski definition) is 1. The molecule has 1 saturated carbocycles. The van der Waals surface area contributed by atoms with Crippen molar-refractivity contribution in [3.8, 4) is 0 Å². The van der Waals surface area contributed by atoms with Crippen LogP contribution in [0.2, 0.25) is 0 Å². The van der Waals surface area contributed by atoms with Crippen LogP contribution in [-0.4, -0.2) is 40.4 Å². The van der Waals surface area contributed by atoms with Gasteiger partial charge in [-0.05, 0) is 40.0 Å². The minimum Gasteiger partial charge on any atom is -0.444 e. The van der Waals surface area contributed by atoms with E-state index in [2.05, 4.69) is 0 Å². The SMILES string of the molecule is C[C@@H](O)[C@@H]1[C@@H]2C[C@@H]1N(C(=O)OC(C)(C)C)C2. The fourth-order valence-electron chi connectivity index (χ4n) is 2.91. The maximum absolute atomic E-state index is 11.9. The largest absolute Gasteiger partial charge is 0.444 e. The van der Waals surface area contributed by atoms with E-state index in [0.29, 0.717) is 5.92 Å². The molecule has 1 N–H and O–H groups in total. The van der Waals surface area contributed by atoms with E-state index in [4.69, 9.17) is 4.74 Å². The van der Waals surface area contributed by atoms with E-state index in [1.807, 2.05) is 27.7 Å². The molecule has 0 aromatic heterocycles. The van der Waals surface area contributed by atoms with Crippen LogP contribution in [0.4, 0.5) is 4.79 Å². The highest BCUT2D eigenvalue weighted by Crippen LogP contribution is 2.48. The average Bonchev–Trinajstić information content (AvgIpc) is 2.53. The Bertz CT molecular complexity index is 295. The maximum Gasteiger partial charge on any atom is 0.410 e. The highest BCUT2D eigenvalue weighted by Gasteiger charge is 2.56. The summed E-state index contributed by atoms with van der Waals surface area (Å²) in [6, 6.07) is 0.194. The van der Waals surface area contributed by atoms with Gasteiger partial charge < -0.3 is 14.7 Å². The summed E-state index contributed by atoms with van der Waals surface area (Å²) in [6.45, 7) is 8.17. The third kappa shape index (κ3) is 1.90. The molecular formula is C12H21NO3. The van der Waals surface area contributed by atoms with Crippen LogP contribution in [0.25, 0.3) is 0 Å². The van der Waals surface area contributed by atoms with Crippen LogP contribution in [0.3, 0.4) is 0 Å². The standard InChI is InChI=1S/C12H21NO3/c1-7(14)10-8-5-9(10)13(6-8)11(15)16-12(2,3)4/h7-10,14H,5-6H2,1-4H3/t7-,8-,9+,10-/m1/s1. The van der Waals surface area contributed by atoms with E-state index in [1.165, 1.54) is 0 Å². The van der Waals surface area contributed by atoms with Gasteiger partial charge in [-0.25, -0.2) is 4.79 Å². The van der Waals surface area contributed by atoms with Crippen molar-refractivity contribution < 1.29 is 14.6 Å². The lowest BCUT2D eigenvalue weighted by atomic mass is 9.71. The molecule has 1 aliphatic carbocycles. The fourth-order valence-corrected chi connectivity index (χ4v) is 2.91. The fraction of sp³-hybridized carbons (Fsp3) is 0.917. The van der Waals surface area contributed by atoms with Gasteiger partial charge in [0, 0.05) is 18.5 Å². The second-order valence-electron chi connectivity index (χ2n) is 6.01. The summed E-state index contributed by atoms with van der Waals surface area (Å²) in [5.41, 5.74) is -0.440. The first-order valence-electron chi connectivity index (χ1n) is 5.97. The van der Waals surface area contributed by atoms with Gasteiger partial charge in [0.25, 0.3) is 0 Å². The van der Waals surface area contributed by atoms with Gasteiger partial charge in [-0.1, -0.05) is 0 Å². The first kappa shape index (κ1) is 11.7. The zero-order valence-corrected chi connectivity index (χ0v) is 10.4. The molecule has 0 aromatic carbocycles. The molecule has 3 fully saturated rings. The smallest absolute Gasteiger partial charge is 0.410 e. The zero-order valence-electron chi connectivity index (χ0n) is 10.4. The normalized spacial score (nSPS) is 34.6. The van der Waals surface area contributed by atoms with Gasteiger partial charge in [0.2, 0.25) is 0 Å². The Balaban J connectivity index is 1.96. The molecule has 4 atom stereocenters. The third-order valence-electron chi connectivity index (χ3n) is 3.55. The maximum atomic E-state index is 11.9. The number of hydrogen-bond acceptors (Lipinski definition) is 3. The molecule has 92 valence electrons. The molecule has 0 radical (unpaired) electrons. The van der Waals surface area contributed by atoms with E-state index in [1.54, 1.807) is 4.90 Å². The van der Waals surface area contributed by atoms with Crippen LogP contribution >= 0.6 is 0 Å². The Hall–Kier alpha value is -0.770. The Morgan fingerprint density at radius 1 is 1.50 bits per heavy atom. The number of aliphatic hydroxyl groups excluding tert-OH is 1. The molecule has 0 spiro atoms. The highest BCUT2D eigenvalue weighted by molar-refractivity contribution is 5.69. The predicted molar refractivity (Wildman–Crippen MR) is 60.0 cm³/mol. The van der Waals surface area contributed by atoms with Crippen LogP contribution in [0.5, 0.6) is 0 Å². The third-order valence-corrected chi connectivity index (χ3v) is 3.55. The van der Waals surface area contributed by atoms with Gasteiger partial charge in [0.05, 0.1) is 6.10 Å². The molecule has 2 heterocycles. The summed E-state index contributed by atoms with van der Waals surface area (Å²) in [5, 5.41) is 9.61. The molecule has 1 amide bonds. The topological polar surface area (TPSA) is 49.8 Å². The summed E-state index contributed by atoms with van der Waals surface area (Å²) in [6.07, 6.45) is 0.466. The number of fused-ring (bicyclic) bond motifs is 1.